The molecular formula is C25H25NO3. The van der Waals surface area contributed by atoms with Gasteiger partial charge in [0.25, 0.3) is 0 Å². The van der Waals surface area contributed by atoms with Crippen molar-refractivity contribution >= 4 is 11.6 Å². The van der Waals surface area contributed by atoms with Crippen molar-refractivity contribution in [2.45, 2.75) is 20.3 Å². The number of methoxy groups -OCH3 is 1. The molecule has 29 heavy (non-hydrogen) atoms. The molecule has 0 atom stereocenters. The van der Waals surface area contributed by atoms with Crippen molar-refractivity contribution in [3.8, 4) is 17.2 Å². The molecular weight excluding hydrogens is 362 g/mol. The van der Waals surface area contributed by atoms with Gasteiger partial charge in [-0.3, -0.25) is 0 Å². The minimum Gasteiger partial charge on any atom is -0.497 e. The minimum absolute atomic E-state index is 0.510. The number of para-hydroxylation sites is 1. The number of nitrogens with zero attached hydrogens (tertiary/aromatic N) is 1. The van der Waals surface area contributed by atoms with Crippen LogP contribution >= 0.6 is 0 Å². The number of aliphatic imine (C=N–C) groups is 1. The van der Waals surface area contributed by atoms with E-state index in [-0.39, 0.29) is 0 Å². The van der Waals surface area contributed by atoms with Crippen molar-refractivity contribution in [1.82, 2.24) is 0 Å². The second-order valence-corrected chi connectivity index (χ2v) is 6.46. The van der Waals surface area contributed by atoms with Crippen LogP contribution in [-0.2, 0) is 0 Å². The molecule has 0 fully saturated rings. The molecule has 3 rings (SSSR count). The van der Waals surface area contributed by atoms with Crippen LogP contribution in [-0.4, -0.2) is 13.0 Å². The molecule has 148 valence electrons. The van der Waals surface area contributed by atoms with Gasteiger partial charge in [-0.25, -0.2) is 4.99 Å². The quantitative estimate of drug-likeness (QED) is 0.264. The first-order valence-corrected chi connectivity index (χ1v) is 9.56. The van der Waals surface area contributed by atoms with Gasteiger partial charge in [-0.15, -0.1) is 0 Å². The van der Waals surface area contributed by atoms with Crippen LogP contribution in [0.15, 0.2) is 95.7 Å². The molecule has 0 radical (unpaired) electrons. The van der Waals surface area contributed by atoms with Gasteiger partial charge in [0.2, 0.25) is 5.90 Å². The third kappa shape index (κ3) is 5.98. The van der Waals surface area contributed by atoms with E-state index in [1.165, 1.54) is 5.56 Å². The Balaban J connectivity index is 1.89. The number of ether oxygens (including phenoxy) is 3. The molecule has 3 aromatic carbocycles. The standard InChI is InChI=1S/C25H25NO3/c1-4-20(18-28-23-16-14-22(27-3)15-17-23)25(29-24-8-6-5-7-9-24)26-21-12-10-19(2)11-13-21/h5-18H,4H2,1-3H3. The van der Waals surface area contributed by atoms with Crippen LogP contribution in [0.2, 0.25) is 0 Å². The zero-order valence-corrected chi connectivity index (χ0v) is 17.0. The van der Waals surface area contributed by atoms with Gasteiger partial charge in [0.05, 0.1) is 19.1 Å². The molecule has 0 saturated carbocycles. The maximum atomic E-state index is 6.11. The SMILES string of the molecule is CCC(=COc1ccc(OC)cc1)C(=Nc1ccc(C)cc1)Oc1ccccc1. The highest BCUT2D eigenvalue weighted by Crippen LogP contribution is 2.21. The summed E-state index contributed by atoms with van der Waals surface area (Å²) in [7, 11) is 1.64. The third-order valence-corrected chi connectivity index (χ3v) is 4.27. The van der Waals surface area contributed by atoms with E-state index in [0.29, 0.717) is 18.1 Å². The van der Waals surface area contributed by atoms with Crippen molar-refractivity contribution < 1.29 is 14.2 Å². The molecule has 0 N–H and O–H groups in total. The second kappa shape index (κ2) is 10.1. The third-order valence-electron chi connectivity index (χ3n) is 4.27. The van der Waals surface area contributed by atoms with Crippen molar-refractivity contribution in [3.05, 3.63) is 96.3 Å². The molecule has 0 aliphatic rings. The topological polar surface area (TPSA) is 40.0 Å². The van der Waals surface area contributed by atoms with Gasteiger partial charge < -0.3 is 14.2 Å². The van der Waals surface area contributed by atoms with Crippen LogP contribution in [0, 0.1) is 6.92 Å². The minimum atomic E-state index is 0.510. The summed E-state index contributed by atoms with van der Waals surface area (Å²) >= 11 is 0. The van der Waals surface area contributed by atoms with Gasteiger partial charge in [-0.05, 0) is 61.9 Å². The van der Waals surface area contributed by atoms with Crippen LogP contribution in [0.25, 0.3) is 0 Å². The fourth-order valence-electron chi connectivity index (χ4n) is 2.58. The lowest BCUT2D eigenvalue weighted by atomic mass is 10.2. The first-order valence-electron chi connectivity index (χ1n) is 9.56. The maximum Gasteiger partial charge on any atom is 0.226 e. The molecule has 4 heteroatoms. The molecule has 0 amide bonds. The van der Waals surface area contributed by atoms with Crippen molar-refractivity contribution in [2.24, 2.45) is 4.99 Å². The molecule has 0 heterocycles. The highest BCUT2D eigenvalue weighted by Gasteiger charge is 2.11. The van der Waals surface area contributed by atoms with Gasteiger partial charge >= 0.3 is 0 Å². The lowest BCUT2D eigenvalue weighted by Crippen LogP contribution is -2.12. The van der Waals surface area contributed by atoms with E-state index in [0.717, 1.165) is 22.8 Å². The predicted octanol–water partition coefficient (Wildman–Crippen LogP) is 6.49. The molecule has 3 aromatic rings. The zero-order chi connectivity index (χ0) is 20.5. The lowest BCUT2D eigenvalue weighted by molar-refractivity contribution is 0.412. The molecule has 0 bridgehead atoms. The summed E-state index contributed by atoms with van der Waals surface area (Å²) in [6.07, 6.45) is 2.39. The summed E-state index contributed by atoms with van der Waals surface area (Å²) in [5.41, 5.74) is 2.86. The molecule has 4 nitrogen and oxygen atoms in total. The van der Waals surface area contributed by atoms with Gasteiger partial charge in [-0.2, -0.15) is 0 Å². The van der Waals surface area contributed by atoms with Crippen molar-refractivity contribution in [2.75, 3.05) is 7.11 Å². The number of hydrogen-bond donors (Lipinski definition) is 0. The van der Waals surface area contributed by atoms with Crippen LogP contribution in [0.4, 0.5) is 5.69 Å². The van der Waals surface area contributed by atoms with Gasteiger partial charge in [0, 0.05) is 5.57 Å². The summed E-state index contributed by atoms with van der Waals surface area (Å²) in [6.45, 7) is 4.09. The summed E-state index contributed by atoms with van der Waals surface area (Å²) < 4.78 is 17.1. The zero-order valence-electron chi connectivity index (χ0n) is 17.0. The van der Waals surface area contributed by atoms with E-state index in [9.17, 15) is 0 Å². The average molecular weight is 387 g/mol. The lowest BCUT2D eigenvalue weighted by Gasteiger charge is -2.12. The Morgan fingerprint density at radius 2 is 1.48 bits per heavy atom. The summed E-state index contributed by atoms with van der Waals surface area (Å²) in [6, 6.07) is 25.1. The van der Waals surface area contributed by atoms with E-state index < -0.39 is 0 Å². The van der Waals surface area contributed by atoms with Gasteiger partial charge in [-0.1, -0.05) is 42.8 Å². The van der Waals surface area contributed by atoms with E-state index in [4.69, 9.17) is 19.2 Å². The molecule has 0 aliphatic heterocycles. The highest BCUT2D eigenvalue weighted by atomic mass is 16.5. The smallest absolute Gasteiger partial charge is 0.226 e. The van der Waals surface area contributed by atoms with Gasteiger partial charge in [0.15, 0.2) is 0 Å². The van der Waals surface area contributed by atoms with Crippen molar-refractivity contribution in [1.29, 1.82) is 0 Å². The summed E-state index contributed by atoms with van der Waals surface area (Å²) in [5, 5.41) is 0. The predicted molar refractivity (Wildman–Crippen MR) is 117 cm³/mol. The van der Waals surface area contributed by atoms with Crippen molar-refractivity contribution in [3.63, 3.8) is 0 Å². The largest absolute Gasteiger partial charge is 0.497 e. The number of aryl methyl sites for hydroxylation is 1. The Hall–Kier alpha value is -3.53. The first kappa shape index (κ1) is 20.2. The van der Waals surface area contributed by atoms with E-state index >= 15 is 0 Å². The Bertz CT molecular complexity index is 959. The number of hydrogen-bond acceptors (Lipinski definition) is 4. The van der Waals surface area contributed by atoms with Gasteiger partial charge in [0.1, 0.15) is 17.2 Å². The molecule has 0 saturated heterocycles. The van der Waals surface area contributed by atoms with E-state index in [2.05, 4.69) is 6.92 Å². The molecule has 0 aliphatic carbocycles. The van der Waals surface area contributed by atoms with Crippen LogP contribution in [0.3, 0.4) is 0 Å². The normalized spacial score (nSPS) is 11.8. The Labute approximate surface area is 172 Å². The van der Waals surface area contributed by atoms with E-state index in [1.54, 1.807) is 13.4 Å². The van der Waals surface area contributed by atoms with Crippen LogP contribution < -0.4 is 14.2 Å². The highest BCUT2D eigenvalue weighted by molar-refractivity contribution is 5.96. The molecule has 0 spiro atoms. The van der Waals surface area contributed by atoms with Crippen LogP contribution in [0.1, 0.15) is 18.9 Å². The Morgan fingerprint density at radius 3 is 2.10 bits per heavy atom. The molecule has 0 unspecified atom stereocenters. The fraction of sp³-hybridized carbons (Fsp3) is 0.160. The monoisotopic (exact) mass is 387 g/mol. The fourth-order valence-corrected chi connectivity index (χ4v) is 2.58. The number of rotatable bonds is 7. The average Bonchev–Trinajstić information content (AvgIpc) is 2.77. The Morgan fingerprint density at radius 1 is 0.828 bits per heavy atom. The molecule has 0 aromatic heterocycles. The summed E-state index contributed by atoms with van der Waals surface area (Å²) in [5.74, 6) is 2.73. The van der Waals surface area contributed by atoms with E-state index in [1.807, 2.05) is 85.8 Å². The second-order valence-electron chi connectivity index (χ2n) is 6.46. The first-order chi connectivity index (χ1) is 14.2. The summed E-state index contributed by atoms with van der Waals surface area (Å²) in [4.78, 5) is 4.73. The number of benzene rings is 3. The Kier molecular flexibility index (Phi) is 7.06. The maximum absolute atomic E-state index is 6.11. The van der Waals surface area contributed by atoms with Crippen LogP contribution in [0.5, 0.6) is 17.2 Å².